The summed E-state index contributed by atoms with van der Waals surface area (Å²) >= 11 is 4.14. The van der Waals surface area contributed by atoms with Crippen LogP contribution in [0, 0.1) is 5.82 Å². The zero-order valence-corrected chi connectivity index (χ0v) is 19.8. The van der Waals surface area contributed by atoms with E-state index < -0.39 is 17.3 Å². The quantitative estimate of drug-likeness (QED) is 0.535. The summed E-state index contributed by atoms with van der Waals surface area (Å²) in [7, 11) is 1.68. The highest BCUT2D eigenvalue weighted by Gasteiger charge is 2.27. The van der Waals surface area contributed by atoms with E-state index in [1.165, 1.54) is 16.7 Å². The Balaban J connectivity index is 2.05. The number of hydrogen-bond acceptors (Lipinski definition) is 4. The maximum atomic E-state index is 13.6. The lowest BCUT2D eigenvalue weighted by Gasteiger charge is -2.21. The number of aliphatic imine (C=N–C) groups is 1. The number of halogens is 2. The van der Waals surface area contributed by atoms with Crippen molar-refractivity contribution in [1.29, 1.82) is 0 Å². The molecular weight excluding hydrogens is 465 g/mol. The van der Waals surface area contributed by atoms with Crippen LogP contribution in [-0.4, -0.2) is 19.0 Å². The van der Waals surface area contributed by atoms with Crippen LogP contribution in [0.1, 0.15) is 54.6 Å². The highest BCUT2D eigenvalue weighted by Crippen LogP contribution is 2.41. The van der Waals surface area contributed by atoms with Gasteiger partial charge in [0.15, 0.2) is 0 Å². The van der Waals surface area contributed by atoms with E-state index in [1.807, 2.05) is 13.0 Å². The molecule has 1 aliphatic rings. The fourth-order valence-corrected chi connectivity index (χ4v) is 4.88. The number of aromatic nitrogens is 1. The second-order valence-electron chi connectivity index (χ2n) is 7.99. The molecule has 0 radical (unpaired) electrons. The van der Waals surface area contributed by atoms with Crippen molar-refractivity contribution in [2.24, 2.45) is 12.0 Å². The van der Waals surface area contributed by atoms with Gasteiger partial charge in [-0.15, -0.1) is 0 Å². The second kappa shape index (κ2) is 9.30. The average molecular weight is 487 g/mol. The Morgan fingerprint density at radius 2 is 1.91 bits per heavy atom. The van der Waals surface area contributed by atoms with Crippen molar-refractivity contribution in [3.05, 3.63) is 92.1 Å². The Bertz CT molecular complexity index is 1340. The number of hydrogen-bond donors (Lipinski definition) is 1. The van der Waals surface area contributed by atoms with Gasteiger partial charge in [0.1, 0.15) is 5.82 Å². The van der Waals surface area contributed by atoms with E-state index >= 15 is 0 Å². The van der Waals surface area contributed by atoms with Crippen molar-refractivity contribution in [3.63, 3.8) is 0 Å². The molecule has 3 unspecified atom stereocenters. The lowest BCUT2D eigenvalue weighted by molar-refractivity contribution is 0.512. The number of fused-ring (bicyclic) bond motifs is 3. The van der Waals surface area contributed by atoms with E-state index in [1.54, 1.807) is 44.4 Å². The lowest BCUT2D eigenvalue weighted by Crippen LogP contribution is -2.21. The fraction of sp³-hybridized carbons (Fsp3) is 0.250. The van der Waals surface area contributed by atoms with Crippen molar-refractivity contribution in [2.75, 3.05) is 0 Å². The molecule has 172 valence electrons. The molecule has 33 heavy (non-hydrogen) atoms. The molecule has 2 heterocycles. The fourth-order valence-electron chi connectivity index (χ4n) is 4.14. The molecule has 4 rings (SSSR count). The van der Waals surface area contributed by atoms with Gasteiger partial charge < -0.3 is 9.12 Å². The molecule has 1 aromatic heterocycles. The third-order valence-corrected chi connectivity index (χ3v) is 6.70. The summed E-state index contributed by atoms with van der Waals surface area (Å²) in [5.41, 5.74) is 4.86. The van der Waals surface area contributed by atoms with Gasteiger partial charge >= 0.3 is 0 Å². The van der Waals surface area contributed by atoms with Crippen LogP contribution < -0.4 is 10.3 Å². The molecule has 9 heteroatoms. The molecule has 0 amide bonds. The van der Waals surface area contributed by atoms with Gasteiger partial charge in [-0.05, 0) is 66.4 Å². The summed E-state index contributed by atoms with van der Waals surface area (Å²) in [6.07, 6.45) is 2.41. The summed E-state index contributed by atoms with van der Waals surface area (Å²) in [4.78, 5) is 17.5. The van der Waals surface area contributed by atoms with Crippen LogP contribution in [0.3, 0.4) is 0 Å². The van der Waals surface area contributed by atoms with Gasteiger partial charge in [-0.2, -0.15) is 0 Å². The number of nitrogens with zero attached hydrogens (tertiary/aromatic N) is 2. The highest BCUT2D eigenvalue weighted by atomic mass is 35.5. The third kappa shape index (κ3) is 4.56. The predicted octanol–water partition coefficient (Wildman–Crippen LogP) is 4.59. The van der Waals surface area contributed by atoms with Crippen LogP contribution in [0.25, 0.3) is 11.1 Å². The number of benzene rings is 2. The Morgan fingerprint density at radius 1 is 1.21 bits per heavy atom. The van der Waals surface area contributed by atoms with E-state index in [4.69, 9.17) is 16.6 Å². The normalized spacial score (nSPS) is 16.9. The standard InChI is InChI=1S/C24H23ClFN3O3S/c1-4-22-18-11-23(30)29(3)12-20(18)17-9-16(13(2)28-33(31)32)21(25)10-19(17)24(27-22)14-5-7-15(26)8-6-14/h5-13,22,28H,4H2,1-3H3,(H,31,32)/p-1. The molecule has 3 aromatic rings. The van der Waals surface area contributed by atoms with Crippen LogP contribution in [0.5, 0.6) is 0 Å². The van der Waals surface area contributed by atoms with Crippen LogP contribution in [0.15, 0.2) is 58.4 Å². The van der Waals surface area contributed by atoms with Crippen LogP contribution >= 0.6 is 11.6 Å². The van der Waals surface area contributed by atoms with Gasteiger partial charge in [-0.25, -0.2) is 9.11 Å². The minimum Gasteiger partial charge on any atom is -0.760 e. The van der Waals surface area contributed by atoms with Gasteiger partial charge in [0.05, 0.1) is 11.8 Å². The van der Waals surface area contributed by atoms with Gasteiger partial charge in [-0.3, -0.25) is 14.0 Å². The molecule has 0 saturated carbocycles. The minimum absolute atomic E-state index is 0.153. The zero-order valence-electron chi connectivity index (χ0n) is 18.3. The van der Waals surface area contributed by atoms with Crippen molar-refractivity contribution in [3.8, 4) is 11.1 Å². The first kappa shape index (κ1) is 23.5. The minimum atomic E-state index is -2.47. The summed E-state index contributed by atoms with van der Waals surface area (Å²) < 4.78 is 40.0. The van der Waals surface area contributed by atoms with Gasteiger partial charge in [0.2, 0.25) is 0 Å². The van der Waals surface area contributed by atoms with Gasteiger partial charge in [0.25, 0.3) is 5.56 Å². The Hall–Kier alpha value is -2.65. The van der Waals surface area contributed by atoms with E-state index in [0.29, 0.717) is 28.3 Å². The van der Waals surface area contributed by atoms with Crippen molar-refractivity contribution in [2.45, 2.75) is 32.4 Å². The smallest absolute Gasteiger partial charge is 0.250 e. The molecule has 0 bridgehead atoms. The molecule has 0 spiro atoms. The highest BCUT2D eigenvalue weighted by molar-refractivity contribution is 7.77. The summed E-state index contributed by atoms with van der Waals surface area (Å²) in [5.74, 6) is -0.356. The van der Waals surface area contributed by atoms with Crippen LogP contribution in [0.2, 0.25) is 5.02 Å². The van der Waals surface area contributed by atoms with Crippen LogP contribution in [-0.2, 0) is 18.3 Å². The first-order valence-electron chi connectivity index (χ1n) is 10.4. The largest absolute Gasteiger partial charge is 0.760 e. The third-order valence-electron chi connectivity index (χ3n) is 5.83. The van der Waals surface area contributed by atoms with Crippen molar-refractivity contribution >= 4 is 28.6 Å². The Morgan fingerprint density at radius 3 is 2.55 bits per heavy atom. The lowest BCUT2D eigenvalue weighted by atomic mass is 9.89. The Kier molecular flexibility index (Phi) is 6.63. The molecular formula is C24H22ClFN3O3S-. The van der Waals surface area contributed by atoms with E-state index in [2.05, 4.69) is 4.72 Å². The zero-order chi connectivity index (χ0) is 23.9. The van der Waals surface area contributed by atoms with Gasteiger partial charge in [-0.1, -0.05) is 18.5 Å². The molecule has 6 nitrogen and oxygen atoms in total. The van der Waals surface area contributed by atoms with Crippen LogP contribution in [0.4, 0.5) is 4.39 Å². The topological polar surface area (TPSA) is 86.5 Å². The van der Waals surface area contributed by atoms with E-state index in [9.17, 15) is 17.9 Å². The number of aryl methyl sites for hydroxylation is 1. The summed E-state index contributed by atoms with van der Waals surface area (Å²) in [6, 6.07) is 10.4. The summed E-state index contributed by atoms with van der Waals surface area (Å²) in [6.45, 7) is 3.69. The number of pyridine rings is 1. The first-order chi connectivity index (χ1) is 15.7. The molecule has 0 saturated heterocycles. The van der Waals surface area contributed by atoms with Crippen molar-refractivity contribution in [1.82, 2.24) is 9.29 Å². The molecule has 0 fully saturated rings. The van der Waals surface area contributed by atoms with E-state index in [0.717, 1.165) is 22.3 Å². The monoisotopic (exact) mass is 486 g/mol. The predicted molar refractivity (Wildman–Crippen MR) is 128 cm³/mol. The molecule has 2 aromatic carbocycles. The number of rotatable bonds is 5. The SMILES string of the molecule is CCC1N=C(c2ccc(F)cc2)c2cc(Cl)c(C(C)NS(=O)[O-])cc2-c2cn(C)c(=O)cc21. The maximum Gasteiger partial charge on any atom is 0.250 e. The molecule has 1 N–H and O–H groups in total. The maximum absolute atomic E-state index is 13.6. The Labute approximate surface area is 198 Å². The van der Waals surface area contributed by atoms with Gasteiger partial charge in [0, 0.05) is 58.3 Å². The van der Waals surface area contributed by atoms with E-state index in [-0.39, 0.29) is 17.4 Å². The average Bonchev–Trinajstić information content (AvgIpc) is 2.88. The molecule has 1 aliphatic heterocycles. The summed E-state index contributed by atoms with van der Waals surface area (Å²) in [5, 5.41) is 0.371. The molecule has 3 atom stereocenters. The number of nitrogens with one attached hydrogen (secondary N) is 1. The first-order valence-corrected chi connectivity index (χ1v) is 11.9. The van der Waals surface area contributed by atoms with Crippen molar-refractivity contribution < 1.29 is 13.2 Å². The second-order valence-corrected chi connectivity index (χ2v) is 9.11. The molecule has 0 aliphatic carbocycles.